The number of likely N-dealkylation sites (tertiary alicyclic amines) is 1. The molecule has 1 aromatic heterocycles. The van der Waals surface area contributed by atoms with Crippen LogP contribution in [0.25, 0.3) is 0 Å². The standard InChI is InChI=1S/C18H24N2O/c21-18(9-2-3-10-18)11-6-14-20-13-4-1-8-17(20)16-7-5-12-19-15-16/h5,7,12,15,17,21H,1-4,8-10,13-14H2. The summed E-state index contributed by atoms with van der Waals surface area (Å²) in [6.45, 7) is 1.84. The van der Waals surface area contributed by atoms with E-state index in [4.69, 9.17) is 0 Å². The molecular formula is C18H24N2O. The summed E-state index contributed by atoms with van der Waals surface area (Å²) in [6.07, 6.45) is 11.4. The molecule has 3 heteroatoms. The van der Waals surface area contributed by atoms with Crippen LogP contribution in [0.4, 0.5) is 0 Å². The summed E-state index contributed by atoms with van der Waals surface area (Å²) in [5.74, 6) is 6.37. The summed E-state index contributed by atoms with van der Waals surface area (Å²) in [4.78, 5) is 6.68. The Kier molecular flexibility index (Phi) is 4.57. The number of hydrogen-bond donors (Lipinski definition) is 1. The molecule has 0 radical (unpaired) electrons. The van der Waals surface area contributed by atoms with Crippen LogP contribution in [-0.2, 0) is 0 Å². The van der Waals surface area contributed by atoms with Gasteiger partial charge in [0.05, 0.1) is 6.54 Å². The zero-order valence-corrected chi connectivity index (χ0v) is 12.6. The third-order valence-electron chi connectivity index (χ3n) is 4.72. The lowest BCUT2D eigenvalue weighted by atomic mass is 9.96. The molecule has 21 heavy (non-hydrogen) atoms. The molecule has 1 N–H and O–H groups in total. The molecule has 1 atom stereocenters. The SMILES string of the molecule is OC1(C#CCN2CCCCC2c2cccnc2)CCCC1. The highest BCUT2D eigenvalue weighted by atomic mass is 16.3. The third kappa shape index (κ3) is 3.64. The van der Waals surface area contributed by atoms with Crippen LogP contribution < -0.4 is 0 Å². The van der Waals surface area contributed by atoms with E-state index < -0.39 is 5.60 Å². The van der Waals surface area contributed by atoms with Crippen molar-refractivity contribution >= 4 is 0 Å². The number of hydrogen-bond acceptors (Lipinski definition) is 3. The molecule has 1 unspecified atom stereocenters. The second-order valence-corrected chi connectivity index (χ2v) is 6.31. The molecule has 3 rings (SSSR count). The van der Waals surface area contributed by atoms with E-state index in [0.717, 1.165) is 38.8 Å². The topological polar surface area (TPSA) is 36.4 Å². The first-order valence-corrected chi connectivity index (χ1v) is 8.13. The van der Waals surface area contributed by atoms with Crippen LogP contribution in [0.1, 0.15) is 56.6 Å². The van der Waals surface area contributed by atoms with Crippen LogP contribution >= 0.6 is 0 Å². The minimum atomic E-state index is -0.709. The predicted octanol–water partition coefficient (Wildman–Crippen LogP) is 2.92. The van der Waals surface area contributed by atoms with E-state index in [2.05, 4.69) is 27.8 Å². The molecule has 0 amide bonds. The number of pyridine rings is 1. The van der Waals surface area contributed by atoms with Crippen molar-refractivity contribution < 1.29 is 5.11 Å². The Labute approximate surface area is 127 Å². The van der Waals surface area contributed by atoms with Gasteiger partial charge in [0.25, 0.3) is 0 Å². The van der Waals surface area contributed by atoms with E-state index in [0.29, 0.717) is 6.04 Å². The molecule has 112 valence electrons. The maximum Gasteiger partial charge on any atom is 0.125 e. The second kappa shape index (κ2) is 6.60. The zero-order valence-electron chi connectivity index (χ0n) is 12.6. The molecule has 0 aromatic carbocycles. The van der Waals surface area contributed by atoms with E-state index in [1.165, 1.54) is 24.8 Å². The van der Waals surface area contributed by atoms with E-state index in [1.54, 1.807) is 0 Å². The molecular weight excluding hydrogens is 260 g/mol. The lowest BCUT2D eigenvalue weighted by molar-refractivity contribution is 0.109. The summed E-state index contributed by atoms with van der Waals surface area (Å²) in [7, 11) is 0. The van der Waals surface area contributed by atoms with E-state index in [-0.39, 0.29) is 0 Å². The van der Waals surface area contributed by atoms with Crippen molar-refractivity contribution in [2.75, 3.05) is 13.1 Å². The van der Waals surface area contributed by atoms with Crippen molar-refractivity contribution in [2.24, 2.45) is 0 Å². The first-order valence-electron chi connectivity index (χ1n) is 8.13. The summed E-state index contributed by atoms with van der Waals surface area (Å²) >= 11 is 0. The molecule has 1 saturated carbocycles. The molecule has 1 saturated heterocycles. The predicted molar refractivity (Wildman–Crippen MR) is 83.6 cm³/mol. The van der Waals surface area contributed by atoms with Gasteiger partial charge in [0.2, 0.25) is 0 Å². The van der Waals surface area contributed by atoms with Crippen molar-refractivity contribution in [3.05, 3.63) is 30.1 Å². The van der Waals surface area contributed by atoms with Crippen LogP contribution in [0, 0.1) is 11.8 Å². The lowest BCUT2D eigenvalue weighted by Gasteiger charge is -2.34. The van der Waals surface area contributed by atoms with Crippen molar-refractivity contribution in [1.82, 2.24) is 9.88 Å². The Morgan fingerprint density at radius 2 is 2.14 bits per heavy atom. The van der Waals surface area contributed by atoms with Gasteiger partial charge in [0, 0.05) is 18.4 Å². The normalized spacial score (nSPS) is 25.3. The smallest absolute Gasteiger partial charge is 0.125 e. The molecule has 1 aliphatic carbocycles. The van der Waals surface area contributed by atoms with E-state index >= 15 is 0 Å². The first kappa shape index (κ1) is 14.6. The van der Waals surface area contributed by atoms with Crippen molar-refractivity contribution in [2.45, 2.75) is 56.6 Å². The fourth-order valence-corrected chi connectivity index (χ4v) is 3.52. The van der Waals surface area contributed by atoms with Gasteiger partial charge in [-0.1, -0.05) is 24.3 Å². The third-order valence-corrected chi connectivity index (χ3v) is 4.72. The monoisotopic (exact) mass is 284 g/mol. The van der Waals surface area contributed by atoms with Gasteiger partial charge < -0.3 is 5.11 Å². The van der Waals surface area contributed by atoms with E-state index in [1.807, 2.05) is 18.5 Å². The minimum absolute atomic E-state index is 0.431. The largest absolute Gasteiger partial charge is 0.378 e. The van der Waals surface area contributed by atoms with Crippen LogP contribution in [-0.4, -0.2) is 33.7 Å². The van der Waals surface area contributed by atoms with Gasteiger partial charge >= 0.3 is 0 Å². The number of nitrogens with zero attached hydrogens (tertiary/aromatic N) is 2. The maximum absolute atomic E-state index is 10.3. The first-order chi connectivity index (χ1) is 10.3. The van der Waals surface area contributed by atoms with Crippen LogP contribution in [0.3, 0.4) is 0 Å². The van der Waals surface area contributed by atoms with Crippen LogP contribution in [0.5, 0.6) is 0 Å². The quantitative estimate of drug-likeness (QED) is 0.848. The Balaban J connectivity index is 1.66. The zero-order chi connectivity index (χ0) is 14.5. The van der Waals surface area contributed by atoms with Gasteiger partial charge in [-0.25, -0.2) is 0 Å². The van der Waals surface area contributed by atoms with E-state index in [9.17, 15) is 5.11 Å². The Bertz CT molecular complexity index is 511. The molecule has 1 aliphatic heterocycles. The van der Waals surface area contributed by atoms with Crippen molar-refractivity contribution in [1.29, 1.82) is 0 Å². The van der Waals surface area contributed by atoms with Crippen LogP contribution in [0.2, 0.25) is 0 Å². The Hall–Kier alpha value is -1.37. The highest BCUT2D eigenvalue weighted by Gasteiger charge is 2.29. The van der Waals surface area contributed by atoms with Gasteiger partial charge in [0.15, 0.2) is 0 Å². The molecule has 1 aromatic rings. The molecule has 2 heterocycles. The molecule has 2 aliphatic rings. The van der Waals surface area contributed by atoms with Gasteiger partial charge in [-0.3, -0.25) is 9.88 Å². The highest BCUT2D eigenvalue weighted by molar-refractivity contribution is 5.19. The number of piperidine rings is 1. The molecule has 3 nitrogen and oxygen atoms in total. The van der Waals surface area contributed by atoms with Crippen molar-refractivity contribution in [3.8, 4) is 11.8 Å². The van der Waals surface area contributed by atoms with Gasteiger partial charge in [-0.05, 0) is 56.7 Å². The number of aliphatic hydroxyl groups is 1. The summed E-state index contributed by atoms with van der Waals surface area (Å²) in [6, 6.07) is 4.60. The molecule has 2 fully saturated rings. The van der Waals surface area contributed by atoms with Gasteiger partial charge in [-0.15, -0.1) is 0 Å². The molecule has 0 spiro atoms. The number of aromatic nitrogens is 1. The lowest BCUT2D eigenvalue weighted by Crippen LogP contribution is -2.34. The molecule has 0 bridgehead atoms. The maximum atomic E-state index is 10.3. The summed E-state index contributed by atoms with van der Waals surface area (Å²) in [5.41, 5.74) is 0.582. The Morgan fingerprint density at radius 3 is 2.90 bits per heavy atom. The minimum Gasteiger partial charge on any atom is -0.378 e. The average molecular weight is 284 g/mol. The highest BCUT2D eigenvalue weighted by Crippen LogP contribution is 2.30. The van der Waals surface area contributed by atoms with Crippen LogP contribution in [0.15, 0.2) is 24.5 Å². The fourth-order valence-electron chi connectivity index (χ4n) is 3.52. The second-order valence-electron chi connectivity index (χ2n) is 6.31. The number of rotatable bonds is 2. The Morgan fingerprint density at radius 1 is 1.29 bits per heavy atom. The van der Waals surface area contributed by atoms with Gasteiger partial charge in [0.1, 0.15) is 5.60 Å². The van der Waals surface area contributed by atoms with Crippen molar-refractivity contribution in [3.63, 3.8) is 0 Å². The average Bonchev–Trinajstić information content (AvgIpc) is 2.95. The summed E-state index contributed by atoms with van der Waals surface area (Å²) in [5, 5.41) is 10.3. The summed E-state index contributed by atoms with van der Waals surface area (Å²) < 4.78 is 0. The van der Waals surface area contributed by atoms with Gasteiger partial charge in [-0.2, -0.15) is 0 Å². The fraction of sp³-hybridized carbons (Fsp3) is 0.611.